The molecule has 1 heterocycles. The molecule has 0 aliphatic carbocycles. The van der Waals surface area contributed by atoms with E-state index in [4.69, 9.17) is 28.3 Å². The van der Waals surface area contributed by atoms with Gasteiger partial charge in [-0.05, 0) is 40.9 Å². The Morgan fingerprint density at radius 1 is 1.33 bits per heavy atom. The van der Waals surface area contributed by atoms with Crippen molar-refractivity contribution < 1.29 is 14.7 Å². The Kier molecular flexibility index (Phi) is 5.35. The molecular formula is C13H13BrCl2N2O3. The van der Waals surface area contributed by atoms with Crippen molar-refractivity contribution in [2.75, 3.05) is 18.4 Å². The Balaban J connectivity index is 2.08. The van der Waals surface area contributed by atoms with Gasteiger partial charge < -0.3 is 15.3 Å². The fraction of sp³-hybridized carbons (Fsp3) is 0.385. The van der Waals surface area contributed by atoms with Gasteiger partial charge in [0.25, 0.3) is 0 Å². The first-order chi connectivity index (χ1) is 9.90. The van der Waals surface area contributed by atoms with Gasteiger partial charge in [-0.25, -0.2) is 4.79 Å². The van der Waals surface area contributed by atoms with Crippen molar-refractivity contribution in [2.24, 2.45) is 5.92 Å². The molecule has 1 aliphatic heterocycles. The maximum Gasteiger partial charge on any atom is 0.321 e. The standard InChI is InChI=1S/C13H13BrCl2N2O3/c14-8-3-4-9(11(16)10(8)15)17-13(21)18-5-1-2-7(6-18)12(19)20/h3-4,7H,1-2,5-6H2,(H,17,21)(H,19,20). The number of hydrogen-bond acceptors (Lipinski definition) is 2. The molecular weight excluding hydrogens is 383 g/mol. The third kappa shape index (κ3) is 3.81. The van der Waals surface area contributed by atoms with E-state index in [-0.39, 0.29) is 17.6 Å². The zero-order chi connectivity index (χ0) is 15.6. The maximum absolute atomic E-state index is 12.2. The van der Waals surface area contributed by atoms with Crippen LogP contribution in [0, 0.1) is 5.92 Å². The molecule has 21 heavy (non-hydrogen) atoms. The first-order valence-corrected chi connectivity index (χ1v) is 7.87. The Labute approximate surface area is 140 Å². The van der Waals surface area contributed by atoms with Gasteiger partial charge in [0.2, 0.25) is 0 Å². The summed E-state index contributed by atoms with van der Waals surface area (Å²) in [6, 6.07) is 2.94. The number of amides is 2. The SMILES string of the molecule is O=C(O)C1CCCN(C(=O)Nc2ccc(Br)c(Cl)c2Cl)C1. The van der Waals surface area contributed by atoms with Gasteiger partial charge in [-0.3, -0.25) is 4.79 Å². The first-order valence-electron chi connectivity index (χ1n) is 6.32. The molecule has 0 bridgehead atoms. The summed E-state index contributed by atoms with van der Waals surface area (Å²) in [7, 11) is 0. The van der Waals surface area contributed by atoms with Crippen LogP contribution < -0.4 is 5.32 Å². The van der Waals surface area contributed by atoms with E-state index in [1.807, 2.05) is 0 Å². The number of hydrogen-bond donors (Lipinski definition) is 2. The summed E-state index contributed by atoms with van der Waals surface area (Å²) < 4.78 is 0.635. The summed E-state index contributed by atoms with van der Waals surface area (Å²) in [6.45, 7) is 0.723. The lowest BCUT2D eigenvalue weighted by Gasteiger charge is -2.30. The molecule has 1 aliphatic rings. The fourth-order valence-corrected chi connectivity index (χ4v) is 3.00. The number of carbonyl (C=O) groups is 2. The number of urea groups is 1. The number of benzene rings is 1. The van der Waals surface area contributed by atoms with E-state index in [1.54, 1.807) is 12.1 Å². The van der Waals surface area contributed by atoms with E-state index < -0.39 is 11.9 Å². The quantitative estimate of drug-likeness (QED) is 0.741. The second-order valence-corrected chi connectivity index (χ2v) is 6.39. The molecule has 2 amide bonds. The largest absolute Gasteiger partial charge is 0.481 e. The van der Waals surface area contributed by atoms with Crippen molar-refractivity contribution in [1.82, 2.24) is 4.90 Å². The number of carboxylic acids is 1. The van der Waals surface area contributed by atoms with Crippen molar-refractivity contribution in [1.29, 1.82) is 0 Å². The molecule has 1 fully saturated rings. The number of likely N-dealkylation sites (tertiary alicyclic amines) is 1. The van der Waals surface area contributed by atoms with Crippen LogP contribution in [0.15, 0.2) is 16.6 Å². The molecule has 114 valence electrons. The van der Waals surface area contributed by atoms with E-state index in [2.05, 4.69) is 21.2 Å². The highest BCUT2D eigenvalue weighted by molar-refractivity contribution is 9.10. The number of piperidine rings is 1. The summed E-state index contributed by atoms with van der Waals surface area (Å²) in [5.74, 6) is -1.40. The minimum absolute atomic E-state index is 0.197. The minimum Gasteiger partial charge on any atom is -0.481 e. The van der Waals surface area contributed by atoms with Crippen LogP contribution in [-0.2, 0) is 4.79 Å². The van der Waals surface area contributed by atoms with E-state index in [1.165, 1.54) is 4.90 Å². The summed E-state index contributed by atoms with van der Waals surface area (Å²) in [6.07, 6.45) is 1.25. The van der Waals surface area contributed by atoms with E-state index >= 15 is 0 Å². The smallest absolute Gasteiger partial charge is 0.321 e. The van der Waals surface area contributed by atoms with Gasteiger partial charge in [-0.15, -0.1) is 0 Å². The number of nitrogens with one attached hydrogen (secondary N) is 1. The summed E-state index contributed by atoms with van der Waals surface area (Å²) >= 11 is 15.3. The second-order valence-electron chi connectivity index (χ2n) is 4.78. The molecule has 0 spiro atoms. The van der Waals surface area contributed by atoms with Crippen LogP contribution in [-0.4, -0.2) is 35.1 Å². The molecule has 1 atom stereocenters. The monoisotopic (exact) mass is 394 g/mol. The Morgan fingerprint density at radius 3 is 2.71 bits per heavy atom. The molecule has 8 heteroatoms. The zero-order valence-corrected chi connectivity index (χ0v) is 14.0. The van der Waals surface area contributed by atoms with E-state index in [0.29, 0.717) is 34.6 Å². The van der Waals surface area contributed by atoms with Crippen molar-refractivity contribution in [3.05, 3.63) is 26.7 Å². The third-order valence-corrected chi connectivity index (χ3v) is 5.11. The zero-order valence-electron chi connectivity index (χ0n) is 10.9. The molecule has 1 aromatic rings. The van der Waals surface area contributed by atoms with Crippen molar-refractivity contribution >= 4 is 56.8 Å². The summed E-state index contributed by atoms with van der Waals surface area (Å²) in [4.78, 5) is 24.7. The van der Waals surface area contributed by atoms with Crippen LogP contribution in [0.5, 0.6) is 0 Å². The van der Waals surface area contributed by atoms with Gasteiger partial charge in [0.05, 0.1) is 21.7 Å². The minimum atomic E-state index is -0.878. The number of nitrogens with zero attached hydrogens (tertiary/aromatic N) is 1. The van der Waals surface area contributed by atoms with E-state index in [0.717, 1.165) is 0 Å². The van der Waals surface area contributed by atoms with Gasteiger partial charge in [-0.2, -0.15) is 0 Å². The maximum atomic E-state index is 12.2. The van der Waals surface area contributed by atoms with Gasteiger partial charge in [0.15, 0.2) is 0 Å². The van der Waals surface area contributed by atoms with Crippen LogP contribution in [0.3, 0.4) is 0 Å². The first kappa shape index (κ1) is 16.4. The topological polar surface area (TPSA) is 69.6 Å². The highest BCUT2D eigenvalue weighted by atomic mass is 79.9. The lowest BCUT2D eigenvalue weighted by atomic mass is 9.99. The van der Waals surface area contributed by atoms with Crippen LogP contribution in [0.1, 0.15) is 12.8 Å². The molecule has 2 N–H and O–H groups in total. The second kappa shape index (κ2) is 6.85. The van der Waals surface area contributed by atoms with Crippen LogP contribution in [0.25, 0.3) is 0 Å². The lowest BCUT2D eigenvalue weighted by Crippen LogP contribution is -2.44. The fourth-order valence-electron chi connectivity index (χ4n) is 2.18. The van der Waals surface area contributed by atoms with Gasteiger partial charge in [-0.1, -0.05) is 23.2 Å². The highest BCUT2D eigenvalue weighted by Crippen LogP contribution is 2.36. The predicted octanol–water partition coefficient (Wildman–Crippen LogP) is 4.08. The average molecular weight is 396 g/mol. The Morgan fingerprint density at radius 2 is 2.05 bits per heavy atom. The molecule has 0 saturated carbocycles. The molecule has 0 radical (unpaired) electrons. The van der Waals surface area contributed by atoms with Gasteiger partial charge in [0, 0.05) is 17.6 Å². The lowest BCUT2D eigenvalue weighted by molar-refractivity contribution is -0.143. The number of aliphatic carboxylic acids is 1. The molecule has 1 unspecified atom stereocenters. The summed E-state index contributed by atoms with van der Waals surface area (Å²) in [5, 5.41) is 12.3. The van der Waals surface area contributed by atoms with Gasteiger partial charge in [0.1, 0.15) is 0 Å². The number of anilines is 1. The Hall–Kier alpha value is -0.980. The molecule has 2 rings (SSSR count). The van der Waals surface area contributed by atoms with Gasteiger partial charge >= 0.3 is 12.0 Å². The summed E-state index contributed by atoms with van der Waals surface area (Å²) in [5.41, 5.74) is 0.396. The predicted molar refractivity (Wildman–Crippen MR) is 85.1 cm³/mol. The van der Waals surface area contributed by atoms with E-state index in [9.17, 15) is 9.59 Å². The number of carboxylic acid groups (broad SMARTS) is 1. The van der Waals surface area contributed by atoms with Crippen molar-refractivity contribution in [3.63, 3.8) is 0 Å². The van der Waals surface area contributed by atoms with Crippen LogP contribution in [0.2, 0.25) is 10.0 Å². The molecule has 0 aromatic heterocycles. The van der Waals surface area contributed by atoms with Crippen molar-refractivity contribution in [3.8, 4) is 0 Å². The van der Waals surface area contributed by atoms with Crippen molar-refractivity contribution in [2.45, 2.75) is 12.8 Å². The number of rotatable bonds is 2. The normalized spacial score (nSPS) is 18.4. The third-order valence-electron chi connectivity index (χ3n) is 3.33. The number of carbonyl (C=O) groups excluding carboxylic acids is 1. The highest BCUT2D eigenvalue weighted by Gasteiger charge is 2.28. The average Bonchev–Trinajstić information content (AvgIpc) is 2.48. The molecule has 5 nitrogen and oxygen atoms in total. The van der Waals surface area contributed by atoms with Crippen LogP contribution in [0.4, 0.5) is 10.5 Å². The molecule has 1 saturated heterocycles. The Bertz CT molecular complexity index is 583. The number of halogens is 3. The van der Waals surface area contributed by atoms with Crippen LogP contribution >= 0.6 is 39.1 Å². The molecule has 1 aromatic carbocycles.